The second kappa shape index (κ2) is 17.3. The Morgan fingerprint density at radius 3 is 1.23 bits per heavy atom. The van der Waals surface area contributed by atoms with Crippen molar-refractivity contribution in [1.82, 2.24) is 0 Å². The molecule has 0 amide bonds. The number of hydrogen-bond acceptors (Lipinski definition) is 6. The maximum Gasteiger partial charge on any atom is 0.256 e. The first-order valence-electron chi connectivity index (χ1n) is 27.1. The molecule has 2 aliphatic rings. The van der Waals surface area contributed by atoms with Crippen LogP contribution in [0.15, 0.2) is 215 Å². The Balaban J connectivity index is 1.09. The lowest BCUT2D eigenvalue weighted by Crippen LogP contribution is -2.60. The van der Waals surface area contributed by atoms with Gasteiger partial charge in [-0.05, 0) is 132 Å². The molecule has 7 heteroatoms. The number of benzene rings is 9. The third-order valence-electron chi connectivity index (χ3n) is 16.4. The average Bonchev–Trinajstić information content (AvgIpc) is 4.19. The minimum Gasteiger partial charge on any atom is -0.464 e. The molecule has 0 saturated carbocycles. The van der Waals surface area contributed by atoms with Crippen molar-refractivity contribution in [2.24, 2.45) is 0 Å². The van der Waals surface area contributed by atoms with Crippen LogP contribution in [0.3, 0.4) is 0 Å². The van der Waals surface area contributed by atoms with Crippen LogP contribution in [0.4, 0.5) is 32.8 Å². The standard InChI is InChI=1S/C71H55BN2O2S2/c1-42-34-59-67-60(35-42)74(58-37-46(27-31-50(58)44-20-12-9-13-21-44)56-41-76-62-25-17-15-23-52(56)62)69-66(54-39-48(71(5,6)7)29-33-64(54)78-69)72(67)65-53-38-47(70(2,3)4)28-32-63(53)77-68(65)73(59)57-36-45(26-30-49(57)43-18-10-8-11-19-43)55-40-75-61-24-16-14-22-51(55)61/h8-41H,1-7H3. The number of anilines is 6. The van der Waals surface area contributed by atoms with Gasteiger partial charge in [0.2, 0.25) is 0 Å². The van der Waals surface area contributed by atoms with Gasteiger partial charge in [-0.1, -0.05) is 187 Å². The van der Waals surface area contributed by atoms with Crippen molar-refractivity contribution in [3.63, 3.8) is 0 Å². The van der Waals surface area contributed by atoms with Crippen molar-refractivity contribution in [2.45, 2.75) is 59.3 Å². The summed E-state index contributed by atoms with van der Waals surface area (Å²) < 4.78 is 15.1. The van der Waals surface area contributed by atoms with Gasteiger partial charge in [0.15, 0.2) is 0 Å². The Morgan fingerprint density at radius 2 is 0.795 bits per heavy atom. The molecule has 15 rings (SSSR count). The summed E-state index contributed by atoms with van der Waals surface area (Å²) in [6.07, 6.45) is 3.87. The quantitative estimate of drug-likeness (QED) is 0.155. The predicted octanol–water partition coefficient (Wildman–Crippen LogP) is 19.3. The molecule has 9 aromatic carbocycles. The van der Waals surface area contributed by atoms with Crippen LogP contribution in [-0.4, -0.2) is 6.71 Å². The molecule has 6 heterocycles. The van der Waals surface area contributed by atoms with Crippen molar-refractivity contribution in [1.29, 1.82) is 0 Å². The zero-order valence-electron chi connectivity index (χ0n) is 44.7. The zero-order valence-corrected chi connectivity index (χ0v) is 46.4. The number of furan rings is 2. The van der Waals surface area contributed by atoms with E-state index >= 15 is 0 Å². The number of aryl methyl sites for hydroxylation is 1. The summed E-state index contributed by atoms with van der Waals surface area (Å²) in [6.45, 7) is 16.2. The first kappa shape index (κ1) is 46.9. The van der Waals surface area contributed by atoms with Crippen molar-refractivity contribution in [3.05, 3.63) is 223 Å². The second-order valence-electron chi connectivity index (χ2n) is 23.4. The molecule has 0 radical (unpaired) electrons. The molecule has 0 N–H and O–H groups in total. The Hall–Kier alpha value is -8.36. The van der Waals surface area contributed by atoms with Crippen LogP contribution < -0.4 is 26.2 Å². The largest absolute Gasteiger partial charge is 0.464 e. The monoisotopic (exact) mass is 1040 g/mol. The zero-order chi connectivity index (χ0) is 52.8. The van der Waals surface area contributed by atoms with Crippen LogP contribution >= 0.6 is 22.7 Å². The Labute approximate surface area is 463 Å². The molecule has 78 heavy (non-hydrogen) atoms. The van der Waals surface area contributed by atoms with E-state index in [1.165, 1.54) is 74.6 Å². The lowest BCUT2D eigenvalue weighted by Gasteiger charge is -2.43. The molecule has 0 spiro atoms. The maximum atomic E-state index is 6.28. The number of nitrogens with zero attached hydrogens (tertiary/aromatic N) is 2. The van der Waals surface area contributed by atoms with Crippen LogP contribution in [0.25, 0.3) is 86.6 Å². The molecule has 376 valence electrons. The van der Waals surface area contributed by atoms with Gasteiger partial charge in [-0.15, -0.1) is 22.7 Å². The van der Waals surface area contributed by atoms with Gasteiger partial charge in [0.1, 0.15) is 11.2 Å². The highest BCUT2D eigenvalue weighted by atomic mass is 32.1. The summed E-state index contributed by atoms with van der Waals surface area (Å²) in [5.74, 6) is 0. The summed E-state index contributed by atoms with van der Waals surface area (Å²) in [7, 11) is 0. The lowest BCUT2D eigenvalue weighted by atomic mass is 9.33. The molecule has 4 aromatic heterocycles. The van der Waals surface area contributed by atoms with Crippen molar-refractivity contribution in [3.8, 4) is 44.5 Å². The number of fused-ring (bicyclic) bond motifs is 10. The minimum absolute atomic E-state index is 0.0654. The fraction of sp³-hybridized carbons (Fsp3) is 0.127. The lowest BCUT2D eigenvalue weighted by molar-refractivity contribution is 0.591. The summed E-state index contributed by atoms with van der Waals surface area (Å²) in [5, 5.41) is 7.33. The van der Waals surface area contributed by atoms with E-state index in [4.69, 9.17) is 8.83 Å². The van der Waals surface area contributed by atoms with E-state index in [2.05, 4.69) is 240 Å². The van der Waals surface area contributed by atoms with Gasteiger partial charge in [0.25, 0.3) is 6.71 Å². The summed E-state index contributed by atoms with van der Waals surface area (Å²) in [4.78, 5) is 5.30. The number of rotatable bonds is 6. The molecule has 0 atom stereocenters. The van der Waals surface area contributed by atoms with E-state index in [0.717, 1.165) is 77.8 Å². The van der Waals surface area contributed by atoms with E-state index in [0.29, 0.717) is 0 Å². The van der Waals surface area contributed by atoms with Gasteiger partial charge in [-0.2, -0.15) is 0 Å². The molecular weight excluding hydrogens is 988 g/mol. The van der Waals surface area contributed by atoms with E-state index in [9.17, 15) is 0 Å². The predicted molar refractivity (Wildman–Crippen MR) is 335 cm³/mol. The highest BCUT2D eigenvalue weighted by molar-refractivity contribution is 7.29. The fourth-order valence-corrected chi connectivity index (χ4v) is 15.0. The molecule has 0 fully saturated rings. The molecule has 2 aliphatic heterocycles. The van der Waals surface area contributed by atoms with E-state index in [-0.39, 0.29) is 17.5 Å². The van der Waals surface area contributed by atoms with Crippen LogP contribution in [0.1, 0.15) is 58.2 Å². The summed E-state index contributed by atoms with van der Waals surface area (Å²) >= 11 is 3.85. The Morgan fingerprint density at radius 1 is 0.372 bits per heavy atom. The topological polar surface area (TPSA) is 32.8 Å². The van der Waals surface area contributed by atoms with Crippen molar-refractivity contribution < 1.29 is 8.83 Å². The van der Waals surface area contributed by atoms with Gasteiger partial charge in [-0.3, -0.25) is 0 Å². The molecule has 0 saturated heterocycles. The third kappa shape index (κ3) is 7.24. The highest BCUT2D eigenvalue weighted by Gasteiger charge is 2.48. The smallest absolute Gasteiger partial charge is 0.256 e. The summed E-state index contributed by atoms with van der Waals surface area (Å²) in [6, 6.07) is 72.3. The Bertz CT molecular complexity index is 4280. The van der Waals surface area contributed by atoms with Crippen LogP contribution in [0.2, 0.25) is 0 Å². The van der Waals surface area contributed by atoms with Gasteiger partial charge in [0, 0.05) is 53.8 Å². The molecule has 4 nitrogen and oxygen atoms in total. The first-order chi connectivity index (χ1) is 37.9. The SMILES string of the molecule is Cc1cc2c3c(c1)N(c1cc(-c4coc5ccccc45)ccc1-c1ccccc1)c1sc4ccc(C(C)(C)C)cc4c1B3c1c(sc3ccc(C(C)(C)C)cc13)N2c1cc(-c2coc3ccccc23)ccc1-c1ccccc1. The van der Waals surface area contributed by atoms with E-state index < -0.39 is 0 Å². The fourth-order valence-electron chi connectivity index (χ4n) is 12.5. The average molecular weight is 1040 g/mol. The molecular formula is C71H55BN2O2S2. The van der Waals surface area contributed by atoms with Crippen LogP contribution in [-0.2, 0) is 10.8 Å². The molecule has 0 unspecified atom stereocenters. The number of hydrogen-bond donors (Lipinski definition) is 0. The highest BCUT2D eigenvalue weighted by Crippen LogP contribution is 2.55. The van der Waals surface area contributed by atoms with Crippen LogP contribution in [0.5, 0.6) is 0 Å². The van der Waals surface area contributed by atoms with Gasteiger partial charge in [0.05, 0.1) is 33.9 Å². The van der Waals surface area contributed by atoms with E-state index in [1.807, 2.05) is 47.3 Å². The Kier molecular flexibility index (Phi) is 10.4. The minimum atomic E-state index is -0.0941. The van der Waals surface area contributed by atoms with Gasteiger partial charge in [-0.25, -0.2) is 0 Å². The third-order valence-corrected chi connectivity index (χ3v) is 18.8. The maximum absolute atomic E-state index is 6.28. The van der Waals surface area contributed by atoms with Gasteiger partial charge >= 0.3 is 0 Å². The van der Waals surface area contributed by atoms with Crippen molar-refractivity contribution >= 4 is 121 Å². The first-order valence-corrected chi connectivity index (χ1v) is 28.7. The second-order valence-corrected chi connectivity index (χ2v) is 25.4. The molecule has 13 aromatic rings. The normalized spacial score (nSPS) is 13.2. The van der Waals surface area contributed by atoms with Crippen molar-refractivity contribution in [2.75, 3.05) is 9.80 Å². The molecule has 0 bridgehead atoms. The number of para-hydroxylation sites is 2. The molecule has 0 aliphatic carbocycles. The van der Waals surface area contributed by atoms with E-state index in [1.54, 1.807) is 0 Å². The van der Waals surface area contributed by atoms with Gasteiger partial charge < -0.3 is 18.6 Å². The number of thiophene rings is 2. The van der Waals surface area contributed by atoms with Crippen LogP contribution in [0, 0.1) is 6.92 Å². The summed E-state index contributed by atoms with van der Waals surface area (Å²) in [5.41, 5.74) is 23.2.